The first-order chi connectivity index (χ1) is 13.6. The maximum atomic E-state index is 13.2. The minimum atomic E-state index is -0.405. The number of halogens is 1. The Balaban J connectivity index is 1.30. The van der Waals surface area contributed by atoms with Gasteiger partial charge in [0.1, 0.15) is 5.82 Å². The van der Waals surface area contributed by atoms with Gasteiger partial charge in [-0.15, -0.1) is 0 Å². The minimum absolute atomic E-state index is 0.126. The van der Waals surface area contributed by atoms with E-state index >= 15 is 0 Å². The van der Waals surface area contributed by atoms with Crippen molar-refractivity contribution in [3.05, 3.63) is 69.8 Å². The van der Waals surface area contributed by atoms with Gasteiger partial charge in [-0.1, -0.05) is 6.07 Å². The fraction of sp³-hybridized carbons (Fsp3) is 0.238. The maximum absolute atomic E-state index is 13.2. The van der Waals surface area contributed by atoms with Gasteiger partial charge in [0.2, 0.25) is 12.7 Å². The van der Waals surface area contributed by atoms with Crippen LogP contribution in [0.4, 0.5) is 4.39 Å². The van der Waals surface area contributed by atoms with Crippen LogP contribution < -0.4 is 20.3 Å². The van der Waals surface area contributed by atoms with Gasteiger partial charge in [-0.3, -0.25) is 9.59 Å². The van der Waals surface area contributed by atoms with Crippen LogP contribution in [-0.4, -0.2) is 24.2 Å². The zero-order valence-corrected chi connectivity index (χ0v) is 15.1. The third-order valence-corrected chi connectivity index (χ3v) is 4.68. The van der Waals surface area contributed by atoms with Gasteiger partial charge < -0.3 is 19.8 Å². The molecule has 0 saturated carbocycles. The molecule has 0 spiro atoms. The molecule has 1 aliphatic heterocycles. The van der Waals surface area contributed by atoms with Gasteiger partial charge in [-0.05, 0) is 60.2 Å². The number of nitrogens with one attached hydrogen (secondary N) is 2. The van der Waals surface area contributed by atoms with Gasteiger partial charge in [-0.2, -0.15) is 0 Å². The van der Waals surface area contributed by atoms with E-state index in [-0.39, 0.29) is 24.7 Å². The standard InChI is InChI=1S/C21H19FN2O4/c22-16-4-2-14-10-15(21(26)24-17(14)11-16)3-6-20(25)23-8-7-13-1-5-18-19(9-13)28-12-27-18/h1-2,4-5,9-11H,3,6-8,12H2,(H,23,25)(H,24,26). The van der Waals surface area contributed by atoms with Crippen LogP contribution in [0.2, 0.25) is 0 Å². The Morgan fingerprint density at radius 2 is 1.93 bits per heavy atom. The number of aromatic nitrogens is 1. The largest absolute Gasteiger partial charge is 0.454 e. The van der Waals surface area contributed by atoms with E-state index in [1.807, 2.05) is 18.2 Å². The summed E-state index contributed by atoms with van der Waals surface area (Å²) >= 11 is 0. The summed E-state index contributed by atoms with van der Waals surface area (Å²) in [6.07, 6.45) is 1.19. The van der Waals surface area contributed by atoms with Gasteiger partial charge in [0.15, 0.2) is 11.5 Å². The van der Waals surface area contributed by atoms with Crippen LogP contribution >= 0.6 is 0 Å². The Labute approximate surface area is 160 Å². The van der Waals surface area contributed by atoms with E-state index in [4.69, 9.17) is 9.47 Å². The number of rotatable bonds is 6. The molecular weight excluding hydrogens is 363 g/mol. The molecule has 3 aromatic rings. The molecular formula is C21H19FN2O4. The van der Waals surface area contributed by atoms with E-state index in [9.17, 15) is 14.0 Å². The molecule has 0 unspecified atom stereocenters. The lowest BCUT2D eigenvalue weighted by Crippen LogP contribution is -2.26. The van der Waals surface area contributed by atoms with Crippen LogP contribution in [0.3, 0.4) is 0 Å². The molecule has 0 radical (unpaired) electrons. The fourth-order valence-electron chi connectivity index (χ4n) is 3.18. The molecule has 0 aliphatic carbocycles. The van der Waals surface area contributed by atoms with Gasteiger partial charge in [0.25, 0.3) is 5.56 Å². The van der Waals surface area contributed by atoms with Crippen molar-refractivity contribution in [2.45, 2.75) is 19.3 Å². The van der Waals surface area contributed by atoms with Crippen LogP contribution in [0.1, 0.15) is 17.5 Å². The van der Waals surface area contributed by atoms with Crippen molar-refractivity contribution in [3.8, 4) is 11.5 Å². The lowest BCUT2D eigenvalue weighted by molar-refractivity contribution is -0.121. The number of amides is 1. The molecule has 0 atom stereocenters. The summed E-state index contributed by atoms with van der Waals surface area (Å²) in [4.78, 5) is 26.9. The summed E-state index contributed by atoms with van der Waals surface area (Å²) in [5, 5.41) is 3.60. The van der Waals surface area contributed by atoms with Gasteiger partial charge >= 0.3 is 0 Å². The number of hydrogen-bond acceptors (Lipinski definition) is 4. The molecule has 0 saturated heterocycles. The highest BCUT2D eigenvalue weighted by Crippen LogP contribution is 2.32. The second kappa shape index (κ2) is 7.72. The Morgan fingerprint density at radius 3 is 2.82 bits per heavy atom. The highest BCUT2D eigenvalue weighted by atomic mass is 19.1. The van der Waals surface area contributed by atoms with Crippen LogP contribution in [0, 0.1) is 5.82 Å². The summed E-state index contributed by atoms with van der Waals surface area (Å²) in [6, 6.07) is 11.6. The van der Waals surface area contributed by atoms with E-state index < -0.39 is 5.82 Å². The number of fused-ring (bicyclic) bond motifs is 2. The van der Waals surface area contributed by atoms with Gasteiger partial charge in [-0.25, -0.2) is 4.39 Å². The molecule has 2 N–H and O–H groups in total. The van der Waals surface area contributed by atoms with E-state index in [1.54, 1.807) is 12.1 Å². The van der Waals surface area contributed by atoms with Crippen molar-refractivity contribution >= 4 is 16.8 Å². The minimum Gasteiger partial charge on any atom is -0.454 e. The number of H-pyrrole nitrogens is 1. The summed E-state index contributed by atoms with van der Waals surface area (Å²) in [5.74, 6) is 0.924. The highest BCUT2D eigenvalue weighted by molar-refractivity contribution is 5.79. The maximum Gasteiger partial charge on any atom is 0.251 e. The molecule has 4 rings (SSSR count). The molecule has 1 aliphatic rings. The number of benzene rings is 2. The topological polar surface area (TPSA) is 80.4 Å². The number of hydrogen-bond donors (Lipinski definition) is 2. The monoisotopic (exact) mass is 382 g/mol. The first kappa shape index (κ1) is 18.0. The summed E-state index contributed by atoms with van der Waals surface area (Å²) < 4.78 is 23.9. The van der Waals surface area contributed by atoms with Crippen LogP contribution in [0.25, 0.3) is 10.9 Å². The molecule has 144 valence electrons. The zero-order chi connectivity index (χ0) is 19.5. The SMILES string of the molecule is O=C(CCc1cc2ccc(F)cc2[nH]c1=O)NCCc1ccc2c(c1)OCO2. The van der Waals surface area contributed by atoms with Crippen molar-refractivity contribution in [2.75, 3.05) is 13.3 Å². The number of aryl methyl sites for hydroxylation is 1. The summed E-state index contributed by atoms with van der Waals surface area (Å²) in [7, 11) is 0. The lowest BCUT2D eigenvalue weighted by Gasteiger charge is -2.07. The Bertz CT molecular complexity index is 1090. The first-order valence-corrected chi connectivity index (χ1v) is 9.05. The van der Waals surface area contributed by atoms with Crippen LogP contribution in [0.15, 0.2) is 47.3 Å². The van der Waals surface area contributed by atoms with E-state index in [1.165, 1.54) is 12.1 Å². The molecule has 1 amide bonds. The van der Waals surface area contributed by atoms with Gasteiger partial charge in [0, 0.05) is 18.5 Å². The predicted molar refractivity (Wildman–Crippen MR) is 102 cm³/mol. The smallest absolute Gasteiger partial charge is 0.251 e. The molecule has 2 aromatic carbocycles. The molecule has 0 bridgehead atoms. The second-order valence-corrected chi connectivity index (χ2v) is 6.64. The molecule has 0 fully saturated rings. The number of aromatic amines is 1. The highest BCUT2D eigenvalue weighted by Gasteiger charge is 2.13. The van der Waals surface area contributed by atoms with E-state index in [0.717, 1.165) is 22.4 Å². The predicted octanol–water partition coefficient (Wildman–Crippen LogP) is 2.69. The van der Waals surface area contributed by atoms with Crippen molar-refractivity contribution in [1.82, 2.24) is 10.3 Å². The molecule has 2 heterocycles. The molecule has 28 heavy (non-hydrogen) atoms. The Morgan fingerprint density at radius 1 is 1.07 bits per heavy atom. The average molecular weight is 382 g/mol. The molecule has 6 nitrogen and oxygen atoms in total. The summed E-state index contributed by atoms with van der Waals surface area (Å²) in [5.41, 5.74) is 1.70. The first-order valence-electron chi connectivity index (χ1n) is 9.05. The van der Waals surface area contributed by atoms with Crippen molar-refractivity contribution in [2.24, 2.45) is 0 Å². The average Bonchev–Trinajstić information content (AvgIpc) is 3.14. The Hall–Kier alpha value is -3.35. The summed E-state index contributed by atoms with van der Waals surface area (Å²) in [6.45, 7) is 0.726. The van der Waals surface area contributed by atoms with Crippen molar-refractivity contribution in [3.63, 3.8) is 0 Å². The zero-order valence-electron chi connectivity index (χ0n) is 15.1. The molecule has 7 heteroatoms. The normalized spacial score (nSPS) is 12.3. The molecule has 1 aromatic heterocycles. The van der Waals surface area contributed by atoms with Crippen molar-refractivity contribution < 1.29 is 18.7 Å². The second-order valence-electron chi connectivity index (χ2n) is 6.64. The van der Waals surface area contributed by atoms with Crippen LogP contribution in [-0.2, 0) is 17.6 Å². The van der Waals surface area contributed by atoms with Crippen LogP contribution in [0.5, 0.6) is 11.5 Å². The fourth-order valence-corrected chi connectivity index (χ4v) is 3.18. The third-order valence-electron chi connectivity index (χ3n) is 4.68. The Kier molecular flexibility index (Phi) is 4.97. The quantitative estimate of drug-likeness (QED) is 0.687. The number of carbonyl (C=O) groups is 1. The number of pyridine rings is 1. The number of carbonyl (C=O) groups excluding carboxylic acids is 1. The van der Waals surface area contributed by atoms with E-state index in [0.29, 0.717) is 30.5 Å². The lowest BCUT2D eigenvalue weighted by atomic mass is 10.1. The number of ether oxygens (including phenoxy) is 2. The van der Waals surface area contributed by atoms with Gasteiger partial charge in [0.05, 0.1) is 5.52 Å². The third kappa shape index (κ3) is 3.98. The van der Waals surface area contributed by atoms with E-state index in [2.05, 4.69) is 10.3 Å². The van der Waals surface area contributed by atoms with Crippen molar-refractivity contribution in [1.29, 1.82) is 0 Å².